The number of carbonyl (C=O) groups is 1. The molecular formula is C13H18O2S2. The first-order valence-corrected chi connectivity index (χ1v) is 7.68. The van der Waals surface area contributed by atoms with Gasteiger partial charge in [0.25, 0.3) is 0 Å². The SMILES string of the molecule is CC(C)CCSCc1sccc1/C=C/C(=O)O. The maximum absolute atomic E-state index is 10.5. The van der Waals surface area contributed by atoms with E-state index in [1.54, 1.807) is 17.4 Å². The van der Waals surface area contributed by atoms with Crippen LogP contribution in [-0.4, -0.2) is 16.8 Å². The molecule has 0 aromatic carbocycles. The van der Waals surface area contributed by atoms with Crippen molar-refractivity contribution in [2.45, 2.75) is 26.0 Å². The molecule has 1 N–H and O–H groups in total. The molecule has 0 radical (unpaired) electrons. The van der Waals surface area contributed by atoms with Gasteiger partial charge in [-0.2, -0.15) is 11.8 Å². The predicted molar refractivity (Wildman–Crippen MR) is 76.6 cm³/mol. The standard InChI is InChI=1S/C13H18O2S2/c1-10(2)5-7-16-9-12-11(6-8-17-12)3-4-13(14)15/h3-4,6,8,10H,5,7,9H2,1-2H3,(H,14,15)/b4-3+. The lowest BCUT2D eigenvalue weighted by molar-refractivity contribution is -0.131. The summed E-state index contributed by atoms with van der Waals surface area (Å²) >= 11 is 3.61. The van der Waals surface area contributed by atoms with Gasteiger partial charge in [-0.15, -0.1) is 11.3 Å². The molecule has 0 unspecified atom stereocenters. The minimum absolute atomic E-state index is 0.747. The number of carboxylic acid groups (broad SMARTS) is 1. The molecule has 0 aliphatic rings. The van der Waals surface area contributed by atoms with Gasteiger partial charge in [0.1, 0.15) is 0 Å². The lowest BCUT2D eigenvalue weighted by atomic mass is 10.2. The summed E-state index contributed by atoms with van der Waals surface area (Å²) in [5.74, 6) is 1.99. The van der Waals surface area contributed by atoms with Gasteiger partial charge in [-0.25, -0.2) is 4.79 Å². The number of hydrogen-bond donors (Lipinski definition) is 1. The molecule has 0 saturated carbocycles. The van der Waals surface area contributed by atoms with Crippen molar-refractivity contribution in [1.82, 2.24) is 0 Å². The number of aliphatic carboxylic acids is 1. The monoisotopic (exact) mass is 270 g/mol. The van der Waals surface area contributed by atoms with E-state index in [4.69, 9.17) is 5.11 Å². The van der Waals surface area contributed by atoms with Gasteiger partial charge < -0.3 is 5.11 Å². The Morgan fingerprint density at radius 3 is 3.00 bits per heavy atom. The molecular weight excluding hydrogens is 252 g/mol. The maximum atomic E-state index is 10.5. The third-order valence-corrected chi connectivity index (χ3v) is 4.39. The molecule has 1 aromatic heterocycles. The van der Waals surface area contributed by atoms with Crippen molar-refractivity contribution in [3.8, 4) is 0 Å². The van der Waals surface area contributed by atoms with Crippen molar-refractivity contribution in [2.75, 3.05) is 5.75 Å². The van der Waals surface area contributed by atoms with E-state index in [2.05, 4.69) is 13.8 Å². The number of thioether (sulfide) groups is 1. The Morgan fingerprint density at radius 1 is 1.59 bits per heavy atom. The zero-order valence-corrected chi connectivity index (χ0v) is 11.8. The lowest BCUT2D eigenvalue weighted by Gasteiger charge is -2.04. The van der Waals surface area contributed by atoms with Crippen molar-refractivity contribution in [3.05, 3.63) is 28.0 Å². The molecule has 1 rings (SSSR count). The van der Waals surface area contributed by atoms with Crippen molar-refractivity contribution in [1.29, 1.82) is 0 Å². The Balaban J connectivity index is 2.43. The maximum Gasteiger partial charge on any atom is 0.328 e. The topological polar surface area (TPSA) is 37.3 Å². The molecule has 0 aliphatic carbocycles. The van der Waals surface area contributed by atoms with Gasteiger partial charge in [0.15, 0.2) is 0 Å². The highest BCUT2D eigenvalue weighted by Gasteiger charge is 2.02. The first-order valence-electron chi connectivity index (χ1n) is 5.64. The van der Waals surface area contributed by atoms with Crippen LogP contribution in [0.4, 0.5) is 0 Å². The van der Waals surface area contributed by atoms with E-state index in [9.17, 15) is 4.79 Å². The molecule has 0 amide bonds. The van der Waals surface area contributed by atoms with Crippen LogP contribution in [0.25, 0.3) is 6.08 Å². The van der Waals surface area contributed by atoms with Gasteiger partial charge in [-0.05, 0) is 41.2 Å². The second-order valence-corrected chi connectivity index (χ2v) is 6.31. The van der Waals surface area contributed by atoms with Gasteiger partial charge >= 0.3 is 5.97 Å². The minimum Gasteiger partial charge on any atom is -0.478 e. The highest BCUT2D eigenvalue weighted by atomic mass is 32.2. The smallest absolute Gasteiger partial charge is 0.328 e. The van der Waals surface area contributed by atoms with E-state index >= 15 is 0 Å². The number of thiophene rings is 1. The number of rotatable bonds is 7. The van der Waals surface area contributed by atoms with Gasteiger partial charge in [0, 0.05) is 16.7 Å². The number of hydrogen-bond acceptors (Lipinski definition) is 3. The van der Waals surface area contributed by atoms with E-state index in [1.165, 1.54) is 17.4 Å². The molecule has 94 valence electrons. The summed E-state index contributed by atoms with van der Waals surface area (Å²) in [5.41, 5.74) is 1.04. The third-order valence-electron chi connectivity index (χ3n) is 2.26. The molecule has 0 fully saturated rings. The van der Waals surface area contributed by atoms with Crippen molar-refractivity contribution in [3.63, 3.8) is 0 Å². The summed E-state index contributed by atoms with van der Waals surface area (Å²) in [4.78, 5) is 11.7. The van der Waals surface area contributed by atoms with Crippen LogP contribution >= 0.6 is 23.1 Å². The Kier molecular flexibility index (Phi) is 6.37. The Labute approximate surface area is 111 Å². The van der Waals surface area contributed by atoms with E-state index < -0.39 is 5.97 Å². The zero-order valence-electron chi connectivity index (χ0n) is 10.2. The molecule has 2 nitrogen and oxygen atoms in total. The molecule has 0 aliphatic heterocycles. The van der Waals surface area contributed by atoms with Crippen LogP contribution in [0.5, 0.6) is 0 Å². The summed E-state index contributed by atoms with van der Waals surface area (Å²) in [6, 6.07) is 1.97. The Hall–Kier alpha value is -0.740. The molecule has 0 saturated heterocycles. The largest absolute Gasteiger partial charge is 0.478 e. The summed E-state index contributed by atoms with van der Waals surface area (Å²) in [6.07, 6.45) is 4.11. The van der Waals surface area contributed by atoms with Crippen LogP contribution in [0.15, 0.2) is 17.5 Å². The fraction of sp³-hybridized carbons (Fsp3) is 0.462. The Bertz CT molecular complexity index is 381. The molecule has 1 aromatic rings. The molecule has 0 atom stereocenters. The Morgan fingerprint density at radius 2 is 2.35 bits per heavy atom. The van der Waals surface area contributed by atoms with E-state index in [0.717, 1.165) is 23.0 Å². The van der Waals surface area contributed by atoms with Crippen LogP contribution in [0, 0.1) is 5.92 Å². The first-order chi connectivity index (χ1) is 8.09. The van der Waals surface area contributed by atoms with Crippen molar-refractivity contribution >= 4 is 35.1 Å². The highest BCUT2D eigenvalue weighted by molar-refractivity contribution is 7.98. The lowest BCUT2D eigenvalue weighted by Crippen LogP contribution is -1.90. The quantitative estimate of drug-likeness (QED) is 0.598. The fourth-order valence-electron chi connectivity index (χ4n) is 1.26. The van der Waals surface area contributed by atoms with E-state index in [0.29, 0.717) is 0 Å². The summed E-state index contributed by atoms with van der Waals surface area (Å²) in [7, 11) is 0. The van der Waals surface area contributed by atoms with Gasteiger partial charge in [-0.1, -0.05) is 13.8 Å². The van der Waals surface area contributed by atoms with Crippen LogP contribution in [0.3, 0.4) is 0 Å². The van der Waals surface area contributed by atoms with Gasteiger partial charge in [0.2, 0.25) is 0 Å². The van der Waals surface area contributed by atoms with Crippen LogP contribution in [0.1, 0.15) is 30.7 Å². The molecule has 17 heavy (non-hydrogen) atoms. The minimum atomic E-state index is -0.894. The number of carboxylic acids is 1. The zero-order chi connectivity index (χ0) is 12.7. The fourth-order valence-corrected chi connectivity index (χ4v) is 3.57. The van der Waals surface area contributed by atoms with Gasteiger partial charge in [-0.3, -0.25) is 0 Å². The third kappa shape index (κ3) is 5.94. The average Bonchev–Trinajstić information content (AvgIpc) is 2.68. The summed E-state index contributed by atoms with van der Waals surface area (Å²) in [5, 5.41) is 10.6. The summed E-state index contributed by atoms with van der Waals surface area (Å²) in [6.45, 7) is 4.46. The molecule has 0 spiro atoms. The van der Waals surface area contributed by atoms with E-state index in [1.807, 2.05) is 23.2 Å². The van der Waals surface area contributed by atoms with Gasteiger partial charge in [0.05, 0.1) is 0 Å². The van der Waals surface area contributed by atoms with Crippen molar-refractivity contribution < 1.29 is 9.90 Å². The second-order valence-electron chi connectivity index (χ2n) is 4.21. The average molecular weight is 270 g/mol. The van der Waals surface area contributed by atoms with Crippen LogP contribution in [0.2, 0.25) is 0 Å². The predicted octanol–water partition coefficient (Wildman–Crippen LogP) is 4.13. The molecule has 4 heteroatoms. The molecule has 1 heterocycles. The highest BCUT2D eigenvalue weighted by Crippen LogP contribution is 2.24. The van der Waals surface area contributed by atoms with E-state index in [-0.39, 0.29) is 0 Å². The van der Waals surface area contributed by atoms with Crippen molar-refractivity contribution in [2.24, 2.45) is 5.92 Å². The van der Waals surface area contributed by atoms with Crippen LogP contribution < -0.4 is 0 Å². The first kappa shape index (κ1) is 14.3. The van der Waals surface area contributed by atoms with Crippen LogP contribution in [-0.2, 0) is 10.5 Å². The molecule has 0 bridgehead atoms. The summed E-state index contributed by atoms with van der Waals surface area (Å²) < 4.78 is 0. The normalized spacial score (nSPS) is 11.5. The second kappa shape index (κ2) is 7.56.